The fourth-order valence-corrected chi connectivity index (χ4v) is 8.39. The number of aromatic hydroxyl groups is 6. The molecule has 39 nitrogen and oxygen atoms in total. The number of nitrogens with two attached hydrogens (primary N) is 1. The predicted molar refractivity (Wildman–Crippen MR) is 336 cm³/mol. The van der Waals surface area contributed by atoms with E-state index in [1.807, 2.05) is 13.8 Å². The molecule has 5 unspecified atom stereocenters. The number of imide groups is 4. The van der Waals surface area contributed by atoms with Crippen LogP contribution in [0.15, 0.2) is 54.6 Å². The number of amides is 10. The zero-order valence-electron chi connectivity index (χ0n) is 56.4. The molecule has 4 fully saturated rings. The Balaban J connectivity index is 0.000000367. The number of nitrogens with zero attached hydrogens (tertiary/aromatic N) is 4. The molecule has 4 aliphatic rings. The second-order valence-electron chi connectivity index (χ2n) is 22.8. The van der Waals surface area contributed by atoms with Crippen molar-refractivity contribution in [2.75, 3.05) is 47.8 Å². The number of benzene rings is 3. The van der Waals surface area contributed by atoms with Crippen LogP contribution in [0.5, 0.6) is 34.5 Å². The first-order valence-corrected chi connectivity index (χ1v) is 30.9. The first-order chi connectivity index (χ1) is 48.1. The summed E-state index contributed by atoms with van der Waals surface area (Å²) in [5.74, 6) is -9.78. The van der Waals surface area contributed by atoms with Crippen LogP contribution in [0.1, 0.15) is 109 Å². The molecule has 5 atom stereocenters. The third-order valence-electron chi connectivity index (χ3n) is 13.6. The van der Waals surface area contributed by atoms with E-state index in [0.717, 1.165) is 7.11 Å². The van der Waals surface area contributed by atoms with E-state index in [9.17, 15) is 97.5 Å². The minimum atomic E-state index is -1.48. The van der Waals surface area contributed by atoms with Crippen molar-refractivity contribution in [3.8, 4) is 34.5 Å². The highest BCUT2D eigenvalue weighted by atomic mass is 17.2. The van der Waals surface area contributed by atoms with Gasteiger partial charge < -0.3 is 75.9 Å². The summed E-state index contributed by atoms with van der Waals surface area (Å²) in [6.45, 7) is 7.13. The molecule has 0 spiro atoms. The number of hydrogen-bond donors (Lipinski definition) is 10. The number of phenols is 6. The quantitative estimate of drug-likeness (QED) is 0.0136. The number of aliphatic hydroxyl groups excluding tert-OH is 1. The van der Waals surface area contributed by atoms with Gasteiger partial charge in [-0.05, 0) is 77.8 Å². The minimum Gasteiger partial charge on any atom is -0.504 e. The van der Waals surface area contributed by atoms with Crippen LogP contribution in [-0.2, 0) is 125 Å². The summed E-state index contributed by atoms with van der Waals surface area (Å²) < 4.78 is 19.1. The molecule has 10 amide bonds. The molecule has 3 aromatic rings. The van der Waals surface area contributed by atoms with Crippen LogP contribution in [0.25, 0.3) is 0 Å². The lowest BCUT2D eigenvalue weighted by Crippen LogP contribution is -2.44. The minimum absolute atomic E-state index is 0.00477. The number of aliphatic hydroxyl groups is 1. The lowest BCUT2D eigenvalue weighted by molar-refractivity contribution is -0.275. The van der Waals surface area contributed by atoms with Crippen LogP contribution >= 0.6 is 0 Å². The molecule has 3 aromatic carbocycles. The van der Waals surface area contributed by atoms with Crippen molar-refractivity contribution in [1.82, 2.24) is 30.9 Å². The van der Waals surface area contributed by atoms with Crippen LogP contribution in [0.4, 0.5) is 14.4 Å². The van der Waals surface area contributed by atoms with E-state index in [-0.39, 0.29) is 160 Å². The Morgan fingerprint density at radius 3 is 1.21 bits per heavy atom. The first-order valence-electron chi connectivity index (χ1n) is 30.9. The lowest BCUT2D eigenvalue weighted by atomic mass is 10.0. The Bertz CT molecular complexity index is 3390. The van der Waals surface area contributed by atoms with Crippen molar-refractivity contribution in [1.29, 1.82) is 0 Å². The van der Waals surface area contributed by atoms with Gasteiger partial charge in [-0.1, -0.05) is 61.1 Å². The molecule has 4 aliphatic heterocycles. The third kappa shape index (κ3) is 29.6. The zero-order chi connectivity index (χ0) is 76.5. The molecule has 11 N–H and O–H groups in total. The molecule has 39 heteroatoms. The molecule has 0 aliphatic carbocycles. The SMILES string of the molecule is CC(C)CO.CC(COC(=O)ON1C(=O)CCC1=O)CC(=O)ON1C(=O)CCC1=O.COC(=O)C(N)Cc1ccc(O)c(O)c1.COOCC(Cc1ccc(O)c(O)c1)NC(=O)CC(C)COC(=O)NC(Cc1ccc(O)c(O)c1)C(=O)OC.O=C(ON1C(=O)CCC1=O)ON1C(=O)CCC1=O. The molecule has 4 heterocycles. The highest BCUT2D eigenvalue weighted by Crippen LogP contribution is 2.28. The molecular weight excluding hydrogens is 1370 g/mol. The zero-order valence-corrected chi connectivity index (χ0v) is 56.4. The Hall–Kier alpha value is -11.4. The van der Waals surface area contributed by atoms with Crippen molar-refractivity contribution >= 4 is 89.5 Å². The summed E-state index contributed by atoms with van der Waals surface area (Å²) in [5, 5.41) is 71.2. The average Bonchev–Trinajstić information content (AvgIpc) is 1.55. The largest absolute Gasteiger partial charge is 0.560 e. The monoisotopic (exact) mass is 1450 g/mol. The highest BCUT2D eigenvalue weighted by molar-refractivity contribution is 6.03. The fraction of sp³-hybridized carbons (Fsp3) is 0.476. The molecule has 0 saturated carbocycles. The Morgan fingerprint density at radius 2 is 0.824 bits per heavy atom. The number of nitrogens with one attached hydrogen (secondary N) is 2. The number of methoxy groups -OCH3 is 2. The van der Waals surface area contributed by atoms with Gasteiger partial charge in [0.2, 0.25) is 5.91 Å². The van der Waals surface area contributed by atoms with Crippen molar-refractivity contribution in [3.63, 3.8) is 0 Å². The summed E-state index contributed by atoms with van der Waals surface area (Å²) in [5.41, 5.74) is 7.29. The summed E-state index contributed by atoms with van der Waals surface area (Å²) in [4.78, 5) is 199. The van der Waals surface area contributed by atoms with Crippen LogP contribution in [-0.4, -0.2) is 211 Å². The summed E-state index contributed by atoms with van der Waals surface area (Å²) in [6.07, 6.45) is -3.71. The predicted octanol–water partition coefficient (Wildman–Crippen LogP) is 1.53. The molecule has 0 aromatic heterocycles. The maximum atomic E-state index is 12.6. The number of esters is 2. The van der Waals surface area contributed by atoms with Crippen molar-refractivity contribution in [2.24, 2.45) is 23.5 Å². The van der Waals surface area contributed by atoms with Crippen LogP contribution in [0.2, 0.25) is 0 Å². The van der Waals surface area contributed by atoms with Crippen LogP contribution in [0.3, 0.4) is 0 Å². The standard InChI is InChI=1S/C26H34N2O11.C14H16N2O9.C10H13NO4.C9H8N2O7.C4H10O/c1-15(8-24(33)27-18(14-39-37-3)9-16-4-6-20(29)22(31)11-16)13-38-26(35)28-19(25(34)36-2)10-17-5-7-21(30)23(32)12-17;1-8(6-13(21)24-15-9(17)2-3-10(15)18)7-23-14(22)25-16-11(19)4-5-12(16)20;1-15-10(14)7(11)4-6-2-3-8(12)9(13)5-6;12-5-1-2-6(13)10(5)17-9(16)18-11-7(14)3-4-8(11)15;1-4(2)3-5/h4-7,11-12,15,18-19,29-32H,8-10,13-14H2,1-3H3,(H,27,33)(H,28,35);8H,2-7H2,1H3;2-3,5,7,12-13H,4,11H2,1H3;1-4H2;4-5H,3H2,1-2H3. The van der Waals surface area contributed by atoms with E-state index in [4.69, 9.17) is 35.0 Å². The van der Waals surface area contributed by atoms with Crippen molar-refractivity contribution < 1.29 is 156 Å². The maximum absolute atomic E-state index is 12.6. The van der Waals surface area contributed by atoms with Crippen LogP contribution in [0, 0.1) is 17.8 Å². The van der Waals surface area contributed by atoms with E-state index in [1.54, 1.807) is 26.0 Å². The number of rotatable bonds is 26. The normalized spacial score (nSPS) is 15.3. The second kappa shape index (κ2) is 42.5. The van der Waals surface area contributed by atoms with Gasteiger partial charge in [-0.15, -0.1) is 5.06 Å². The number of carbonyl (C=O) groups excluding carboxylic acids is 15. The van der Waals surface area contributed by atoms with Gasteiger partial charge in [-0.25, -0.2) is 29.0 Å². The van der Waals surface area contributed by atoms with Gasteiger partial charge >= 0.3 is 36.3 Å². The fourth-order valence-electron chi connectivity index (χ4n) is 8.39. The molecule has 0 bridgehead atoms. The van der Waals surface area contributed by atoms with Crippen LogP contribution < -0.4 is 16.4 Å². The summed E-state index contributed by atoms with van der Waals surface area (Å²) in [7, 11) is 3.75. The average molecular weight is 1450 g/mol. The van der Waals surface area contributed by atoms with Gasteiger partial charge in [0.15, 0.2) is 34.5 Å². The Labute approximate surface area is 580 Å². The van der Waals surface area contributed by atoms with Crippen molar-refractivity contribution in [2.45, 2.75) is 129 Å². The van der Waals surface area contributed by atoms with Gasteiger partial charge in [0.25, 0.3) is 47.3 Å². The number of carbonyl (C=O) groups is 15. The second-order valence-corrected chi connectivity index (χ2v) is 22.8. The van der Waals surface area contributed by atoms with Gasteiger partial charge in [0.1, 0.15) is 18.7 Å². The molecule has 4 saturated heterocycles. The highest BCUT2D eigenvalue weighted by Gasteiger charge is 2.39. The molecule has 560 valence electrons. The van der Waals surface area contributed by atoms with E-state index in [0.29, 0.717) is 39.3 Å². The first kappa shape index (κ1) is 84.8. The molecule has 102 heavy (non-hydrogen) atoms. The lowest BCUT2D eigenvalue weighted by Gasteiger charge is -2.20. The number of hydroxylamine groups is 8. The summed E-state index contributed by atoms with van der Waals surface area (Å²) in [6, 6.07) is 10.2. The Kier molecular flexibility index (Phi) is 35.3. The number of phenolic OH excluding ortho intramolecular Hbond substituents is 6. The third-order valence-corrected chi connectivity index (χ3v) is 13.6. The van der Waals surface area contributed by atoms with Crippen molar-refractivity contribution in [3.05, 3.63) is 71.3 Å². The molecular formula is C63H81N7O32. The maximum Gasteiger partial charge on any atom is 0.560 e. The smallest absolute Gasteiger partial charge is 0.504 e. The number of hydrogen-bond acceptors (Lipinski definition) is 33. The number of ether oxygens (including phenoxy) is 4. The van der Waals surface area contributed by atoms with Gasteiger partial charge in [0, 0.05) is 76.7 Å². The number of alkyl carbamates (subject to hydrolysis) is 1. The Morgan fingerprint density at radius 1 is 0.461 bits per heavy atom. The van der Waals surface area contributed by atoms with Gasteiger partial charge in [-0.2, -0.15) is 4.79 Å². The van der Waals surface area contributed by atoms with Gasteiger partial charge in [-0.3, -0.25) is 62.5 Å². The van der Waals surface area contributed by atoms with E-state index in [2.05, 4.69) is 39.6 Å². The summed E-state index contributed by atoms with van der Waals surface area (Å²) >= 11 is 0. The molecule has 0 radical (unpaired) electrons. The van der Waals surface area contributed by atoms with E-state index in [1.165, 1.54) is 56.7 Å². The topological polar surface area (TPSA) is 553 Å². The van der Waals surface area contributed by atoms with E-state index < -0.39 is 108 Å². The van der Waals surface area contributed by atoms with E-state index >= 15 is 0 Å². The molecule has 7 rings (SSSR count). The van der Waals surface area contributed by atoms with Gasteiger partial charge in [0.05, 0.1) is 47.0 Å².